The number of ether oxygens (including phenoxy) is 1. The summed E-state index contributed by atoms with van der Waals surface area (Å²) >= 11 is 6.00. The van der Waals surface area contributed by atoms with Crippen molar-refractivity contribution < 1.29 is 9.53 Å². The molecular weight excluding hydrogens is 292 g/mol. The first-order valence-corrected chi connectivity index (χ1v) is 6.59. The van der Waals surface area contributed by atoms with Crippen LogP contribution in [0.15, 0.2) is 30.5 Å². The fraction of sp³-hybridized carbons (Fsp3) is 0.143. The van der Waals surface area contributed by atoms with Crippen molar-refractivity contribution in [1.29, 1.82) is 0 Å². The largest absolute Gasteiger partial charge is 0.419 e. The summed E-state index contributed by atoms with van der Waals surface area (Å²) in [6.45, 7) is 3.72. The number of nitrogens with zero attached hydrogens (tertiary/aromatic N) is 4. The van der Waals surface area contributed by atoms with Crippen molar-refractivity contribution in [3.8, 4) is 5.75 Å². The lowest BCUT2D eigenvalue weighted by atomic mass is 10.2. The number of benzene rings is 1. The van der Waals surface area contributed by atoms with Crippen LogP contribution in [0.4, 0.5) is 0 Å². The highest BCUT2D eigenvalue weighted by Gasteiger charge is 2.18. The van der Waals surface area contributed by atoms with Crippen LogP contribution < -0.4 is 4.74 Å². The van der Waals surface area contributed by atoms with Crippen LogP contribution in [-0.2, 0) is 0 Å². The maximum atomic E-state index is 12.1. The van der Waals surface area contributed by atoms with E-state index in [1.165, 1.54) is 4.52 Å². The van der Waals surface area contributed by atoms with Gasteiger partial charge in [-0.15, -0.1) is 5.10 Å². The van der Waals surface area contributed by atoms with Crippen molar-refractivity contribution in [2.45, 2.75) is 13.8 Å². The van der Waals surface area contributed by atoms with Crippen molar-refractivity contribution in [3.05, 3.63) is 52.6 Å². The summed E-state index contributed by atoms with van der Waals surface area (Å²) in [7, 11) is 0. The number of aryl methyl sites for hydroxylation is 2. The molecule has 0 saturated carbocycles. The van der Waals surface area contributed by atoms with Crippen LogP contribution in [0.5, 0.6) is 5.75 Å². The highest BCUT2D eigenvalue weighted by atomic mass is 35.5. The molecule has 0 N–H and O–H groups in total. The average Bonchev–Trinajstić information content (AvgIpc) is 2.88. The van der Waals surface area contributed by atoms with Gasteiger partial charge in [0.1, 0.15) is 5.75 Å². The van der Waals surface area contributed by atoms with E-state index in [4.69, 9.17) is 16.3 Å². The van der Waals surface area contributed by atoms with Crippen LogP contribution >= 0.6 is 11.6 Å². The van der Waals surface area contributed by atoms with Gasteiger partial charge in [0.05, 0.1) is 5.02 Å². The Hall–Kier alpha value is -2.47. The fourth-order valence-electron chi connectivity index (χ4n) is 1.83. The van der Waals surface area contributed by atoms with Gasteiger partial charge in [0, 0.05) is 11.9 Å². The molecule has 0 amide bonds. The molecule has 0 atom stereocenters. The number of fused-ring (bicyclic) bond motifs is 1. The molecule has 3 aromatic rings. The molecule has 106 valence electrons. The number of esters is 1. The first-order chi connectivity index (χ1) is 10.0. The second-order valence-corrected chi connectivity index (χ2v) is 4.96. The van der Waals surface area contributed by atoms with Gasteiger partial charge in [-0.2, -0.15) is 4.98 Å². The van der Waals surface area contributed by atoms with Gasteiger partial charge in [-0.25, -0.2) is 14.3 Å². The summed E-state index contributed by atoms with van der Waals surface area (Å²) in [6, 6.07) is 6.95. The minimum absolute atomic E-state index is 0.0608. The zero-order valence-corrected chi connectivity index (χ0v) is 12.1. The third kappa shape index (κ3) is 2.57. The van der Waals surface area contributed by atoms with E-state index in [-0.39, 0.29) is 11.6 Å². The number of carbonyl (C=O) groups is 1. The molecule has 0 spiro atoms. The van der Waals surface area contributed by atoms with Gasteiger partial charge in [0.15, 0.2) is 0 Å². The second-order valence-electron chi connectivity index (χ2n) is 4.56. The minimum atomic E-state index is -0.674. The molecule has 7 heteroatoms. The average molecular weight is 303 g/mol. The molecule has 0 aliphatic rings. The Morgan fingerprint density at radius 2 is 2.10 bits per heavy atom. The maximum absolute atomic E-state index is 12.1. The number of aromatic nitrogens is 4. The van der Waals surface area contributed by atoms with Crippen molar-refractivity contribution in [3.63, 3.8) is 0 Å². The molecule has 21 heavy (non-hydrogen) atoms. The lowest BCUT2D eigenvalue weighted by molar-refractivity contribution is 0.0722. The summed E-state index contributed by atoms with van der Waals surface area (Å²) in [5.74, 6) is -0.107. The molecule has 0 fully saturated rings. The van der Waals surface area contributed by atoms with Gasteiger partial charge in [0.25, 0.3) is 11.6 Å². The number of halogens is 1. The second kappa shape index (κ2) is 5.14. The van der Waals surface area contributed by atoms with Crippen LogP contribution in [0.3, 0.4) is 0 Å². The maximum Gasteiger partial charge on any atom is 0.383 e. The van der Waals surface area contributed by atoms with E-state index in [1.54, 1.807) is 24.4 Å². The lowest BCUT2D eigenvalue weighted by Gasteiger charge is -2.04. The van der Waals surface area contributed by atoms with E-state index in [2.05, 4.69) is 15.1 Å². The van der Waals surface area contributed by atoms with Crippen LogP contribution in [0.1, 0.15) is 21.9 Å². The molecule has 0 bridgehead atoms. The Morgan fingerprint density at radius 1 is 1.29 bits per heavy atom. The molecule has 0 aliphatic heterocycles. The highest BCUT2D eigenvalue weighted by molar-refractivity contribution is 6.32. The Labute approximate surface area is 125 Å². The first kappa shape index (κ1) is 13.5. The van der Waals surface area contributed by atoms with Gasteiger partial charge >= 0.3 is 5.97 Å². The molecule has 6 nitrogen and oxygen atoms in total. The van der Waals surface area contributed by atoms with Gasteiger partial charge in [-0.1, -0.05) is 17.7 Å². The molecule has 3 rings (SSSR count). The third-order valence-corrected chi connectivity index (χ3v) is 3.21. The van der Waals surface area contributed by atoms with Crippen molar-refractivity contribution >= 4 is 23.3 Å². The number of hydrogen-bond donors (Lipinski definition) is 0. The zero-order valence-electron chi connectivity index (χ0n) is 11.4. The van der Waals surface area contributed by atoms with Gasteiger partial charge < -0.3 is 4.74 Å². The molecule has 0 aliphatic carbocycles. The standard InChI is InChI=1S/C14H11ClN4O2/c1-8-3-4-10(15)11(7-8)21-13(20)12-17-14-16-6-5-9(2)19(14)18-12/h3-7H,1-2H3. The Balaban J connectivity index is 1.93. The summed E-state index contributed by atoms with van der Waals surface area (Å²) in [5.41, 5.74) is 1.75. The normalized spacial score (nSPS) is 10.8. The highest BCUT2D eigenvalue weighted by Crippen LogP contribution is 2.25. The van der Waals surface area contributed by atoms with E-state index in [1.807, 2.05) is 19.9 Å². The summed E-state index contributed by atoms with van der Waals surface area (Å²) in [4.78, 5) is 20.2. The Kier molecular flexibility index (Phi) is 3.31. The van der Waals surface area contributed by atoms with Crippen LogP contribution in [0.2, 0.25) is 5.02 Å². The van der Waals surface area contributed by atoms with Crippen molar-refractivity contribution in [2.75, 3.05) is 0 Å². The predicted molar refractivity (Wildman–Crippen MR) is 76.7 cm³/mol. The van der Waals surface area contributed by atoms with E-state index >= 15 is 0 Å². The number of carbonyl (C=O) groups excluding carboxylic acids is 1. The molecule has 0 radical (unpaired) electrons. The first-order valence-electron chi connectivity index (χ1n) is 6.21. The van der Waals surface area contributed by atoms with Crippen LogP contribution in [0.25, 0.3) is 5.78 Å². The molecular formula is C14H11ClN4O2. The Bertz CT molecular complexity index is 844. The number of hydrogen-bond acceptors (Lipinski definition) is 5. The monoisotopic (exact) mass is 302 g/mol. The predicted octanol–water partition coefficient (Wildman–Crippen LogP) is 2.61. The molecule has 0 unspecified atom stereocenters. The minimum Gasteiger partial charge on any atom is -0.419 e. The van der Waals surface area contributed by atoms with E-state index in [0.29, 0.717) is 10.8 Å². The molecule has 2 heterocycles. The summed E-state index contributed by atoms with van der Waals surface area (Å²) in [6.07, 6.45) is 1.60. The molecule has 1 aromatic carbocycles. The lowest BCUT2D eigenvalue weighted by Crippen LogP contribution is -2.11. The van der Waals surface area contributed by atoms with Crippen LogP contribution in [-0.4, -0.2) is 25.6 Å². The summed E-state index contributed by atoms with van der Waals surface area (Å²) < 4.78 is 6.73. The van der Waals surface area contributed by atoms with E-state index in [9.17, 15) is 4.79 Å². The smallest absolute Gasteiger partial charge is 0.383 e. The molecule has 2 aromatic heterocycles. The Morgan fingerprint density at radius 3 is 2.86 bits per heavy atom. The van der Waals surface area contributed by atoms with Crippen molar-refractivity contribution in [1.82, 2.24) is 19.6 Å². The van der Waals surface area contributed by atoms with Crippen molar-refractivity contribution in [2.24, 2.45) is 0 Å². The fourth-order valence-corrected chi connectivity index (χ4v) is 1.98. The third-order valence-electron chi connectivity index (χ3n) is 2.90. The summed E-state index contributed by atoms with van der Waals surface area (Å²) in [5, 5.41) is 4.44. The van der Waals surface area contributed by atoms with E-state index < -0.39 is 5.97 Å². The topological polar surface area (TPSA) is 69.4 Å². The SMILES string of the molecule is Cc1ccc(Cl)c(OC(=O)c2nc3nccc(C)n3n2)c1. The van der Waals surface area contributed by atoms with Gasteiger partial charge in [-0.3, -0.25) is 0 Å². The quantitative estimate of drug-likeness (QED) is 0.537. The molecule has 0 saturated heterocycles. The van der Waals surface area contributed by atoms with Gasteiger partial charge in [0.2, 0.25) is 0 Å². The van der Waals surface area contributed by atoms with Crippen LogP contribution in [0, 0.1) is 13.8 Å². The van der Waals surface area contributed by atoms with E-state index in [0.717, 1.165) is 11.3 Å². The van der Waals surface area contributed by atoms with Gasteiger partial charge in [-0.05, 0) is 37.6 Å². The zero-order chi connectivity index (χ0) is 15.0. The number of rotatable bonds is 2.